The lowest BCUT2D eigenvalue weighted by Gasteiger charge is -2.21. The number of sulfone groups is 1. The Balaban J connectivity index is 1.81. The molecule has 1 aromatic rings. The third-order valence-electron chi connectivity index (χ3n) is 4.08. The molecule has 1 unspecified atom stereocenters. The van der Waals surface area contributed by atoms with Crippen LogP contribution in [0.15, 0.2) is 40.2 Å². The van der Waals surface area contributed by atoms with E-state index >= 15 is 0 Å². The maximum atomic E-state index is 11.2. The van der Waals surface area contributed by atoms with Gasteiger partial charge in [0.1, 0.15) is 9.84 Å². The first kappa shape index (κ1) is 20.1. The Morgan fingerprint density at radius 1 is 1.36 bits per heavy atom. The first-order chi connectivity index (χ1) is 12.0. The average Bonchev–Trinajstić information content (AvgIpc) is 3.05. The summed E-state index contributed by atoms with van der Waals surface area (Å²) in [7, 11) is -2.90. The zero-order valence-corrected chi connectivity index (χ0v) is 16.8. The number of nitrogens with zero attached hydrogens (tertiary/aromatic N) is 2. The van der Waals surface area contributed by atoms with Gasteiger partial charge in [-0.2, -0.15) is 0 Å². The SMILES string of the molecule is CCNC(=NCCCS(C)(=O)=O)N1CCC(CSc2ccccc2)C1. The van der Waals surface area contributed by atoms with Crippen LogP contribution < -0.4 is 5.32 Å². The van der Waals surface area contributed by atoms with Gasteiger partial charge in [0.25, 0.3) is 0 Å². The highest BCUT2D eigenvalue weighted by Crippen LogP contribution is 2.25. The van der Waals surface area contributed by atoms with Gasteiger partial charge in [-0.25, -0.2) is 8.42 Å². The van der Waals surface area contributed by atoms with Crippen molar-refractivity contribution in [2.45, 2.75) is 24.7 Å². The fourth-order valence-electron chi connectivity index (χ4n) is 2.83. The Morgan fingerprint density at radius 3 is 2.80 bits per heavy atom. The Kier molecular flexibility index (Phi) is 8.09. The summed E-state index contributed by atoms with van der Waals surface area (Å²) in [5.41, 5.74) is 0. The molecule has 0 saturated carbocycles. The molecule has 1 heterocycles. The molecule has 0 amide bonds. The number of benzene rings is 1. The van der Waals surface area contributed by atoms with E-state index in [-0.39, 0.29) is 5.75 Å². The van der Waals surface area contributed by atoms with Gasteiger partial charge in [0.05, 0.1) is 5.75 Å². The fraction of sp³-hybridized carbons (Fsp3) is 0.611. The van der Waals surface area contributed by atoms with Crippen LogP contribution in [0, 0.1) is 5.92 Å². The number of aliphatic imine (C=N–C) groups is 1. The molecule has 1 aliphatic rings. The van der Waals surface area contributed by atoms with E-state index in [0.29, 0.717) is 18.9 Å². The summed E-state index contributed by atoms with van der Waals surface area (Å²) in [6.45, 7) is 5.46. The third-order valence-corrected chi connectivity index (χ3v) is 6.36. The molecule has 5 nitrogen and oxygen atoms in total. The van der Waals surface area contributed by atoms with Gasteiger partial charge in [0.2, 0.25) is 0 Å². The second-order valence-electron chi connectivity index (χ2n) is 6.44. The Morgan fingerprint density at radius 2 is 2.12 bits per heavy atom. The van der Waals surface area contributed by atoms with Crippen molar-refractivity contribution in [3.05, 3.63) is 30.3 Å². The minimum atomic E-state index is -2.90. The van der Waals surface area contributed by atoms with Crippen LogP contribution in [0.1, 0.15) is 19.8 Å². The highest BCUT2D eigenvalue weighted by atomic mass is 32.2. The monoisotopic (exact) mass is 383 g/mol. The molecule has 0 radical (unpaired) electrons. The first-order valence-corrected chi connectivity index (χ1v) is 11.9. The molecular formula is C18H29N3O2S2. The molecule has 25 heavy (non-hydrogen) atoms. The van der Waals surface area contributed by atoms with E-state index < -0.39 is 9.84 Å². The van der Waals surface area contributed by atoms with Gasteiger partial charge in [-0.15, -0.1) is 11.8 Å². The number of likely N-dealkylation sites (tertiary alicyclic amines) is 1. The molecule has 1 N–H and O–H groups in total. The van der Waals surface area contributed by atoms with E-state index in [1.54, 1.807) is 0 Å². The molecule has 7 heteroatoms. The van der Waals surface area contributed by atoms with Crippen molar-refractivity contribution < 1.29 is 8.42 Å². The van der Waals surface area contributed by atoms with Gasteiger partial charge in [-0.05, 0) is 37.8 Å². The minimum absolute atomic E-state index is 0.201. The topological polar surface area (TPSA) is 61.8 Å². The second kappa shape index (κ2) is 10.1. The van der Waals surface area contributed by atoms with E-state index in [0.717, 1.165) is 31.3 Å². The van der Waals surface area contributed by atoms with E-state index in [9.17, 15) is 8.42 Å². The molecule has 140 valence electrons. The number of thioether (sulfide) groups is 1. The van der Waals surface area contributed by atoms with Crippen LogP contribution in [0.4, 0.5) is 0 Å². The van der Waals surface area contributed by atoms with E-state index in [4.69, 9.17) is 0 Å². The van der Waals surface area contributed by atoms with Gasteiger partial charge in [0.15, 0.2) is 5.96 Å². The normalized spacial score (nSPS) is 18.6. The van der Waals surface area contributed by atoms with E-state index in [1.165, 1.54) is 17.6 Å². The van der Waals surface area contributed by atoms with Crippen LogP contribution in [0.5, 0.6) is 0 Å². The van der Waals surface area contributed by atoms with Crippen LogP contribution in [-0.4, -0.2) is 63.2 Å². The zero-order chi connectivity index (χ0) is 18.1. The van der Waals surface area contributed by atoms with Crippen molar-refractivity contribution in [3.8, 4) is 0 Å². The van der Waals surface area contributed by atoms with Gasteiger partial charge in [-0.1, -0.05) is 18.2 Å². The molecule has 0 spiro atoms. The van der Waals surface area contributed by atoms with Crippen LogP contribution in [0.25, 0.3) is 0 Å². The number of nitrogens with one attached hydrogen (secondary N) is 1. The summed E-state index contributed by atoms with van der Waals surface area (Å²) in [6, 6.07) is 10.5. The number of guanidine groups is 1. The van der Waals surface area contributed by atoms with Crippen LogP contribution in [0.3, 0.4) is 0 Å². The van der Waals surface area contributed by atoms with Crippen molar-refractivity contribution >= 4 is 27.6 Å². The molecule has 1 aromatic carbocycles. The van der Waals surface area contributed by atoms with Crippen LogP contribution in [0.2, 0.25) is 0 Å². The Labute approximate surface area is 156 Å². The molecular weight excluding hydrogens is 354 g/mol. The number of hydrogen-bond acceptors (Lipinski definition) is 4. The lowest BCUT2D eigenvalue weighted by molar-refractivity contribution is 0.474. The molecule has 1 aliphatic heterocycles. The molecule has 1 fully saturated rings. The predicted octanol–water partition coefficient (Wildman–Crippen LogP) is 2.50. The van der Waals surface area contributed by atoms with Gasteiger partial charge >= 0.3 is 0 Å². The predicted molar refractivity (Wildman–Crippen MR) is 107 cm³/mol. The summed E-state index contributed by atoms with van der Waals surface area (Å²) in [4.78, 5) is 8.24. The maximum Gasteiger partial charge on any atom is 0.193 e. The molecule has 1 saturated heterocycles. The Bertz CT molecular complexity index is 648. The summed E-state index contributed by atoms with van der Waals surface area (Å²) in [6.07, 6.45) is 3.03. The lowest BCUT2D eigenvalue weighted by atomic mass is 10.2. The summed E-state index contributed by atoms with van der Waals surface area (Å²) in [5, 5.41) is 3.34. The lowest BCUT2D eigenvalue weighted by Crippen LogP contribution is -2.40. The zero-order valence-electron chi connectivity index (χ0n) is 15.1. The molecule has 0 bridgehead atoms. The highest BCUT2D eigenvalue weighted by Gasteiger charge is 2.24. The quantitative estimate of drug-likeness (QED) is 0.323. The molecule has 1 atom stereocenters. The maximum absolute atomic E-state index is 11.2. The van der Waals surface area contributed by atoms with Crippen molar-refractivity contribution in [1.29, 1.82) is 0 Å². The smallest absolute Gasteiger partial charge is 0.193 e. The summed E-state index contributed by atoms with van der Waals surface area (Å²) in [5.74, 6) is 2.90. The van der Waals surface area contributed by atoms with Crippen molar-refractivity contribution in [1.82, 2.24) is 10.2 Å². The van der Waals surface area contributed by atoms with E-state index in [2.05, 4.69) is 46.4 Å². The van der Waals surface area contributed by atoms with Gasteiger partial charge < -0.3 is 10.2 Å². The minimum Gasteiger partial charge on any atom is -0.357 e. The van der Waals surface area contributed by atoms with Crippen molar-refractivity contribution in [2.24, 2.45) is 10.9 Å². The number of hydrogen-bond donors (Lipinski definition) is 1. The molecule has 0 aliphatic carbocycles. The van der Waals surface area contributed by atoms with Gasteiger partial charge in [0, 0.05) is 43.1 Å². The fourth-order valence-corrected chi connectivity index (χ4v) is 4.53. The first-order valence-electron chi connectivity index (χ1n) is 8.87. The van der Waals surface area contributed by atoms with Crippen LogP contribution >= 0.6 is 11.8 Å². The summed E-state index contributed by atoms with van der Waals surface area (Å²) >= 11 is 1.92. The van der Waals surface area contributed by atoms with Crippen molar-refractivity contribution in [2.75, 3.05) is 43.9 Å². The summed E-state index contributed by atoms with van der Waals surface area (Å²) < 4.78 is 22.4. The third kappa shape index (κ3) is 7.69. The van der Waals surface area contributed by atoms with Crippen LogP contribution in [-0.2, 0) is 9.84 Å². The molecule has 2 rings (SSSR count). The standard InChI is InChI=1S/C18H29N3O2S2/c1-3-19-18(20-11-7-13-25(2,22)23)21-12-10-16(14-21)15-24-17-8-5-4-6-9-17/h4-6,8-9,16H,3,7,10-15H2,1-2H3,(H,19,20). The highest BCUT2D eigenvalue weighted by molar-refractivity contribution is 7.99. The Hall–Kier alpha value is -1.21. The second-order valence-corrected chi connectivity index (χ2v) is 9.80. The number of rotatable bonds is 8. The molecule has 0 aromatic heterocycles. The van der Waals surface area contributed by atoms with Crippen molar-refractivity contribution in [3.63, 3.8) is 0 Å². The average molecular weight is 384 g/mol. The van der Waals surface area contributed by atoms with E-state index in [1.807, 2.05) is 17.8 Å². The van der Waals surface area contributed by atoms with Gasteiger partial charge in [-0.3, -0.25) is 4.99 Å². The largest absolute Gasteiger partial charge is 0.357 e.